The average Bonchev–Trinajstić information content (AvgIpc) is 2.84. The number of likely N-dealkylation sites (N-methyl/N-ethyl adjacent to an activating group) is 1. The Balaban J connectivity index is 1.61. The fraction of sp³-hybridized carbons (Fsp3) is 0.231. The van der Waals surface area contributed by atoms with Gasteiger partial charge in [-0.05, 0) is 41.9 Å². The van der Waals surface area contributed by atoms with E-state index in [1.807, 2.05) is 83.8 Å². The lowest BCUT2D eigenvalue weighted by Crippen LogP contribution is -2.49. The molecule has 158 valence electrons. The van der Waals surface area contributed by atoms with Gasteiger partial charge in [-0.25, -0.2) is 0 Å². The number of benzene rings is 3. The van der Waals surface area contributed by atoms with Gasteiger partial charge in [0.15, 0.2) is 0 Å². The van der Waals surface area contributed by atoms with Crippen molar-refractivity contribution < 1.29 is 9.59 Å². The number of nitrogens with one attached hydrogen (secondary N) is 1. The zero-order valence-corrected chi connectivity index (χ0v) is 17.9. The van der Waals surface area contributed by atoms with Crippen LogP contribution in [0.15, 0.2) is 78.9 Å². The number of carbonyl (C=O) groups is 2. The van der Waals surface area contributed by atoms with Crippen molar-refractivity contribution in [2.45, 2.75) is 6.04 Å². The minimum absolute atomic E-state index is 0.0335. The van der Waals surface area contributed by atoms with Crippen molar-refractivity contribution in [2.24, 2.45) is 0 Å². The summed E-state index contributed by atoms with van der Waals surface area (Å²) >= 11 is 0. The van der Waals surface area contributed by atoms with E-state index in [-0.39, 0.29) is 17.9 Å². The monoisotopic (exact) mass is 413 g/mol. The molecule has 3 aromatic carbocycles. The van der Waals surface area contributed by atoms with Crippen molar-refractivity contribution in [1.29, 1.82) is 0 Å². The Labute approximate surface area is 183 Å². The van der Waals surface area contributed by atoms with Crippen molar-refractivity contribution >= 4 is 11.8 Å². The lowest BCUT2D eigenvalue weighted by atomic mass is 9.97. The van der Waals surface area contributed by atoms with Crippen LogP contribution in [0.25, 0.3) is 11.1 Å². The maximum atomic E-state index is 13.5. The van der Waals surface area contributed by atoms with E-state index >= 15 is 0 Å². The van der Waals surface area contributed by atoms with Crippen LogP contribution in [0.4, 0.5) is 0 Å². The first-order valence-corrected chi connectivity index (χ1v) is 10.5. The molecule has 31 heavy (non-hydrogen) atoms. The number of nitrogens with zero attached hydrogens (tertiary/aromatic N) is 2. The number of piperazine rings is 1. The highest BCUT2D eigenvalue weighted by atomic mass is 16.2. The maximum absolute atomic E-state index is 13.5. The van der Waals surface area contributed by atoms with E-state index in [0.717, 1.165) is 28.8 Å². The molecule has 0 saturated carbocycles. The zero-order chi connectivity index (χ0) is 21.8. The van der Waals surface area contributed by atoms with Gasteiger partial charge in [-0.15, -0.1) is 0 Å². The van der Waals surface area contributed by atoms with Crippen LogP contribution in [-0.2, 0) is 0 Å². The van der Waals surface area contributed by atoms with E-state index in [9.17, 15) is 9.59 Å². The minimum atomic E-state index is -0.106. The topological polar surface area (TPSA) is 52.7 Å². The molecule has 5 heteroatoms. The van der Waals surface area contributed by atoms with Gasteiger partial charge in [0, 0.05) is 37.8 Å². The lowest BCUT2D eigenvalue weighted by Gasteiger charge is -2.40. The minimum Gasteiger partial charge on any atom is -0.355 e. The van der Waals surface area contributed by atoms with E-state index < -0.39 is 0 Å². The highest BCUT2D eigenvalue weighted by Crippen LogP contribution is 2.29. The smallest absolute Gasteiger partial charge is 0.254 e. The molecule has 1 heterocycles. The summed E-state index contributed by atoms with van der Waals surface area (Å²) < 4.78 is 0. The SMILES string of the molecule is CNC(=O)c1cccc(C2CN(C(=O)c3ccccc3-c3ccccc3)CCN2C)c1. The van der Waals surface area contributed by atoms with E-state index in [1.54, 1.807) is 7.05 Å². The second-order valence-corrected chi connectivity index (χ2v) is 7.86. The van der Waals surface area contributed by atoms with Crippen LogP contribution in [-0.4, -0.2) is 55.3 Å². The summed E-state index contributed by atoms with van der Waals surface area (Å²) in [5.74, 6) is -0.0648. The van der Waals surface area contributed by atoms with Crippen LogP contribution >= 0.6 is 0 Å². The highest BCUT2D eigenvalue weighted by molar-refractivity contribution is 6.01. The molecule has 0 aliphatic carbocycles. The molecule has 1 unspecified atom stereocenters. The normalized spacial score (nSPS) is 16.7. The van der Waals surface area contributed by atoms with Crippen molar-refractivity contribution in [3.63, 3.8) is 0 Å². The van der Waals surface area contributed by atoms with Gasteiger partial charge in [0.1, 0.15) is 0 Å². The van der Waals surface area contributed by atoms with Gasteiger partial charge < -0.3 is 10.2 Å². The largest absolute Gasteiger partial charge is 0.355 e. The fourth-order valence-corrected chi connectivity index (χ4v) is 4.16. The standard InChI is InChI=1S/C26H27N3O2/c1-27-25(30)21-12-8-11-20(17-21)24-18-29(16-15-28(24)2)26(31)23-14-7-6-13-22(23)19-9-4-3-5-10-19/h3-14,17,24H,15-16,18H2,1-2H3,(H,27,30). The Kier molecular flexibility index (Phi) is 6.14. The molecule has 5 nitrogen and oxygen atoms in total. The molecule has 1 atom stereocenters. The zero-order valence-electron chi connectivity index (χ0n) is 17.9. The molecule has 1 saturated heterocycles. The fourth-order valence-electron chi connectivity index (χ4n) is 4.16. The van der Waals surface area contributed by atoms with Crippen LogP contribution in [0.3, 0.4) is 0 Å². The van der Waals surface area contributed by atoms with Crippen LogP contribution in [0.2, 0.25) is 0 Å². The molecule has 1 N–H and O–H groups in total. The van der Waals surface area contributed by atoms with Gasteiger partial charge in [0.05, 0.1) is 6.04 Å². The Morgan fingerprint density at radius 3 is 2.42 bits per heavy atom. The Bertz CT molecular complexity index is 1080. The summed E-state index contributed by atoms with van der Waals surface area (Å²) in [7, 11) is 3.70. The molecule has 0 radical (unpaired) electrons. The number of carbonyl (C=O) groups excluding carboxylic acids is 2. The summed E-state index contributed by atoms with van der Waals surface area (Å²) in [5, 5.41) is 2.68. The third-order valence-electron chi connectivity index (χ3n) is 5.94. The molecule has 1 aliphatic rings. The molecule has 0 spiro atoms. The number of rotatable bonds is 4. The van der Waals surface area contributed by atoms with E-state index in [1.165, 1.54) is 0 Å². The summed E-state index contributed by atoms with van der Waals surface area (Å²) in [4.78, 5) is 29.8. The molecular weight excluding hydrogens is 386 g/mol. The molecule has 1 fully saturated rings. The lowest BCUT2D eigenvalue weighted by molar-refractivity contribution is 0.0546. The first-order chi connectivity index (χ1) is 15.1. The Hall–Kier alpha value is -3.44. The van der Waals surface area contributed by atoms with E-state index in [2.05, 4.69) is 17.3 Å². The molecule has 0 aromatic heterocycles. The van der Waals surface area contributed by atoms with Gasteiger partial charge in [-0.1, -0.05) is 60.7 Å². The summed E-state index contributed by atoms with van der Waals surface area (Å²) in [6.07, 6.45) is 0. The van der Waals surface area contributed by atoms with E-state index in [4.69, 9.17) is 0 Å². The van der Waals surface area contributed by atoms with Crippen molar-refractivity contribution in [3.05, 3.63) is 95.6 Å². The molecular formula is C26H27N3O2. The van der Waals surface area contributed by atoms with Gasteiger partial charge in [-0.3, -0.25) is 14.5 Å². The highest BCUT2D eigenvalue weighted by Gasteiger charge is 2.30. The maximum Gasteiger partial charge on any atom is 0.254 e. The first kappa shape index (κ1) is 20.8. The van der Waals surface area contributed by atoms with Crippen LogP contribution in [0.5, 0.6) is 0 Å². The Morgan fingerprint density at radius 1 is 0.903 bits per heavy atom. The Morgan fingerprint density at radius 2 is 1.65 bits per heavy atom. The third kappa shape index (κ3) is 4.37. The predicted octanol–water partition coefficient (Wildman–Crippen LogP) is 3.84. The quantitative estimate of drug-likeness (QED) is 0.707. The third-order valence-corrected chi connectivity index (χ3v) is 5.94. The van der Waals surface area contributed by atoms with Crippen molar-refractivity contribution in [2.75, 3.05) is 33.7 Å². The number of hydrogen-bond acceptors (Lipinski definition) is 3. The second-order valence-electron chi connectivity index (χ2n) is 7.86. The number of hydrogen-bond donors (Lipinski definition) is 1. The van der Waals surface area contributed by atoms with Crippen LogP contribution in [0.1, 0.15) is 32.3 Å². The first-order valence-electron chi connectivity index (χ1n) is 10.5. The van der Waals surface area contributed by atoms with E-state index in [0.29, 0.717) is 18.7 Å². The summed E-state index contributed by atoms with van der Waals surface area (Å²) in [5.41, 5.74) is 4.38. The van der Waals surface area contributed by atoms with Crippen molar-refractivity contribution in [3.8, 4) is 11.1 Å². The van der Waals surface area contributed by atoms with Gasteiger partial charge in [0.2, 0.25) is 0 Å². The van der Waals surface area contributed by atoms with Crippen LogP contribution in [0, 0.1) is 0 Å². The molecule has 1 aliphatic heterocycles. The summed E-state index contributed by atoms with van der Waals surface area (Å²) in [6.45, 7) is 2.02. The van der Waals surface area contributed by atoms with Crippen LogP contribution < -0.4 is 5.32 Å². The van der Waals surface area contributed by atoms with Gasteiger partial charge in [0.25, 0.3) is 11.8 Å². The van der Waals surface area contributed by atoms with Gasteiger partial charge >= 0.3 is 0 Å². The molecule has 3 aromatic rings. The number of amides is 2. The molecule has 0 bridgehead atoms. The van der Waals surface area contributed by atoms with Crippen molar-refractivity contribution in [1.82, 2.24) is 15.1 Å². The molecule has 2 amide bonds. The second kappa shape index (κ2) is 9.14. The summed E-state index contributed by atoms with van der Waals surface area (Å²) in [6, 6.07) is 25.5. The molecule has 4 rings (SSSR count). The average molecular weight is 414 g/mol. The predicted molar refractivity (Wildman–Crippen MR) is 123 cm³/mol. The van der Waals surface area contributed by atoms with Gasteiger partial charge in [-0.2, -0.15) is 0 Å².